The Morgan fingerprint density at radius 3 is 2.77 bits per heavy atom. The van der Waals surface area contributed by atoms with E-state index < -0.39 is 0 Å². The second kappa shape index (κ2) is 7.22. The number of benzene rings is 1. The summed E-state index contributed by atoms with van der Waals surface area (Å²) < 4.78 is 0. The highest BCUT2D eigenvalue weighted by Gasteiger charge is 2.09. The van der Waals surface area contributed by atoms with Crippen LogP contribution < -0.4 is 10.6 Å². The van der Waals surface area contributed by atoms with Gasteiger partial charge in [-0.15, -0.1) is 0 Å². The summed E-state index contributed by atoms with van der Waals surface area (Å²) in [6.07, 6.45) is 1.37. The van der Waals surface area contributed by atoms with E-state index in [1.165, 1.54) is 6.33 Å². The molecule has 0 fully saturated rings. The van der Waals surface area contributed by atoms with E-state index in [2.05, 4.69) is 20.6 Å². The molecule has 2 aromatic rings. The first-order valence-electron chi connectivity index (χ1n) is 7.09. The van der Waals surface area contributed by atoms with Crippen molar-refractivity contribution >= 4 is 29.0 Å². The van der Waals surface area contributed by atoms with Crippen molar-refractivity contribution in [3.63, 3.8) is 0 Å². The number of nitrogens with one attached hydrogen (secondary N) is 2. The van der Waals surface area contributed by atoms with Gasteiger partial charge in [-0.05, 0) is 30.5 Å². The van der Waals surface area contributed by atoms with Gasteiger partial charge in [0, 0.05) is 23.3 Å². The summed E-state index contributed by atoms with van der Waals surface area (Å²) in [7, 11) is 0. The fourth-order valence-corrected chi connectivity index (χ4v) is 1.98. The molecule has 6 heteroatoms. The zero-order chi connectivity index (χ0) is 16.1. The number of carbonyl (C=O) groups excluding carboxylic acids is 1. The van der Waals surface area contributed by atoms with E-state index in [9.17, 15) is 4.79 Å². The van der Waals surface area contributed by atoms with Gasteiger partial charge >= 0.3 is 0 Å². The summed E-state index contributed by atoms with van der Waals surface area (Å²) >= 11 is 6.00. The lowest BCUT2D eigenvalue weighted by Gasteiger charge is -2.10. The second-order valence-corrected chi connectivity index (χ2v) is 5.91. The lowest BCUT2D eigenvalue weighted by Crippen LogP contribution is -2.28. The van der Waals surface area contributed by atoms with Crippen LogP contribution in [0.15, 0.2) is 30.6 Å². The van der Waals surface area contributed by atoms with Crippen molar-refractivity contribution in [2.24, 2.45) is 5.92 Å². The molecule has 1 heterocycles. The van der Waals surface area contributed by atoms with Gasteiger partial charge in [0.25, 0.3) is 5.91 Å². The zero-order valence-electron chi connectivity index (χ0n) is 12.9. The molecule has 1 aromatic heterocycles. The maximum Gasteiger partial charge on any atom is 0.270 e. The fraction of sp³-hybridized carbons (Fsp3) is 0.312. The molecule has 0 bridgehead atoms. The van der Waals surface area contributed by atoms with E-state index in [0.717, 1.165) is 11.3 Å². The molecule has 0 aliphatic carbocycles. The van der Waals surface area contributed by atoms with Crippen LogP contribution in [0.5, 0.6) is 0 Å². The summed E-state index contributed by atoms with van der Waals surface area (Å²) in [5.74, 6) is 0.731. The molecule has 116 valence electrons. The lowest BCUT2D eigenvalue weighted by atomic mass is 10.2. The van der Waals surface area contributed by atoms with E-state index >= 15 is 0 Å². The molecule has 2 N–H and O–H groups in total. The minimum absolute atomic E-state index is 0.207. The van der Waals surface area contributed by atoms with Crippen molar-refractivity contribution in [2.75, 3.05) is 11.9 Å². The first kappa shape index (κ1) is 16.2. The van der Waals surface area contributed by atoms with Gasteiger partial charge in [-0.1, -0.05) is 31.5 Å². The van der Waals surface area contributed by atoms with Crippen molar-refractivity contribution in [3.8, 4) is 0 Å². The predicted octanol–water partition coefficient (Wildman–Crippen LogP) is 3.57. The molecule has 2 rings (SSSR count). The highest BCUT2D eigenvalue weighted by Crippen LogP contribution is 2.23. The third kappa shape index (κ3) is 4.43. The van der Waals surface area contributed by atoms with Crippen LogP contribution in [0.1, 0.15) is 29.9 Å². The van der Waals surface area contributed by atoms with Gasteiger partial charge in [-0.3, -0.25) is 4.79 Å². The summed E-state index contributed by atoms with van der Waals surface area (Å²) in [6.45, 7) is 6.65. The summed E-state index contributed by atoms with van der Waals surface area (Å²) in [4.78, 5) is 20.2. The van der Waals surface area contributed by atoms with Gasteiger partial charge in [0.1, 0.15) is 17.8 Å². The quantitative estimate of drug-likeness (QED) is 0.884. The van der Waals surface area contributed by atoms with E-state index in [1.807, 2.05) is 39.0 Å². The highest BCUT2D eigenvalue weighted by atomic mass is 35.5. The van der Waals surface area contributed by atoms with Crippen LogP contribution in [0.25, 0.3) is 0 Å². The molecule has 0 saturated carbocycles. The molecule has 5 nitrogen and oxygen atoms in total. The SMILES string of the molecule is Cc1ccc(Cl)cc1Nc1cc(C(=O)NCC(C)C)ncn1. The van der Waals surface area contributed by atoms with Crippen LogP contribution in [-0.4, -0.2) is 22.4 Å². The van der Waals surface area contributed by atoms with Crippen molar-refractivity contribution in [3.05, 3.63) is 46.9 Å². The van der Waals surface area contributed by atoms with Crippen molar-refractivity contribution < 1.29 is 4.79 Å². The van der Waals surface area contributed by atoms with Crippen LogP contribution in [-0.2, 0) is 0 Å². The number of aryl methyl sites for hydroxylation is 1. The number of rotatable bonds is 5. The van der Waals surface area contributed by atoms with Crippen LogP contribution in [0.4, 0.5) is 11.5 Å². The normalized spacial score (nSPS) is 10.6. The molecular weight excluding hydrogens is 300 g/mol. The number of anilines is 2. The van der Waals surface area contributed by atoms with Gasteiger partial charge in [0.15, 0.2) is 0 Å². The Morgan fingerprint density at radius 1 is 1.27 bits per heavy atom. The summed E-state index contributed by atoms with van der Waals surface area (Å²) in [6, 6.07) is 7.18. The maximum atomic E-state index is 12.0. The number of amides is 1. The van der Waals surface area contributed by atoms with Crippen LogP contribution in [0.2, 0.25) is 5.02 Å². The Morgan fingerprint density at radius 2 is 2.05 bits per heavy atom. The third-order valence-corrected chi connectivity index (χ3v) is 3.27. The van der Waals surface area contributed by atoms with E-state index in [-0.39, 0.29) is 5.91 Å². The average molecular weight is 319 g/mol. The monoisotopic (exact) mass is 318 g/mol. The zero-order valence-corrected chi connectivity index (χ0v) is 13.6. The minimum atomic E-state index is -0.207. The fourth-order valence-electron chi connectivity index (χ4n) is 1.80. The molecule has 1 amide bonds. The van der Waals surface area contributed by atoms with E-state index in [1.54, 1.807) is 6.07 Å². The van der Waals surface area contributed by atoms with Gasteiger partial charge < -0.3 is 10.6 Å². The Balaban J connectivity index is 2.14. The molecule has 0 saturated heterocycles. The molecule has 0 atom stereocenters. The molecule has 1 aromatic carbocycles. The second-order valence-electron chi connectivity index (χ2n) is 5.48. The lowest BCUT2D eigenvalue weighted by molar-refractivity contribution is 0.0944. The maximum absolute atomic E-state index is 12.0. The van der Waals surface area contributed by atoms with Crippen molar-refractivity contribution in [1.82, 2.24) is 15.3 Å². The summed E-state index contributed by atoms with van der Waals surface area (Å²) in [5, 5.41) is 6.63. The standard InChI is InChI=1S/C16H19ClN4O/c1-10(2)8-18-16(22)14-7-15(20-9-19-14)21-13-6-12(17)5-4-11(13)3/h4-7,9-10H,8H2,1-3H3,(H,18,22)(H,19,20,21). The molecule has 0 aliphatic heterocycles. The minimum Gasteiger partial charge on any atom is -0.350 e. The van der Waals surface area contributed by atoms with E-state index in [4.69, 9.17) is 11.6 Å². The molecule has 0 radical (unpaired) electrons. The smallest absolute Gasteiger partial charge is 0.270 e. The number of hydrogen-bond acceptors (Lipinski definition) is 4. The summed E-state index contributed by atoms with van der Waals surface area (Å²) in [5.41, 5.74) is 2.21. The van der Waals surface area contributed by atoms with Gasteiger partial charge in [0.05, 0.1) is 0 Å². The van der Waals surface area contributed by atoms with Gasteiger partial charge in [0.2, 0.25) is 0 Å². The van der Waals surface area contributed by atoms with Crippen LogP contribution in [0.3, 0.4) is 0 Å². The number of halogens is 1. The van der Waals surface area contributed by atoms with Gasteiger partial charge in [-0.25, -0.2) is 9.97 Å². The molecule has 0 spiro atoms. The third-order valence-electron chi connectivity index (χ3n) is 3.03. The Hall–Kier alpha value is -2.14. The largest absolute Gasteiger partial charge is 0.350 e. The molecular formula is C16H19ClN4O. The van der Waals surface area contributed by atoms with Crippen molar-refractivity contribution in [1.29, 1.82) is 0 Å². The van der Waals surface area contributed by atoms with Gasteiger partial charge in [-0.2, -0.15) is 0 Å². The van der Waals surface area contributed by atoms with Crippen molar-refractivity contribution in [2.45, 2.75) is 20.8 Å². The first-order valence-corrected chi connectivity index (χ1v) is 7.47. The Labute approximate surface area is 135 Å². The molecule has 22 heavy (non-hydrogen) atoms. The average Bonchev–Trinajstić information content (AvgIpc) is 2.49. The van der Waals surface area contributed by atoms with Crippen LogP contribution >= 0.6 is 11.6 Å². The number of carbonyl (C=O) groups is 1. The predicted molar refractivity (Wildman–Crippen MR) is 88.7 cm³/mol. The highest BCUT2D eigenvalue weighted by molar-refractivity contribution is 6.30. The Bertz CT molecular complexity index is 673. The first-order chi connectivity index (χ1) is 10.5. The number of hydrogen-bond donors (Lipinski definition) is 2. The molecule has 0 unspecified atom stereocenters. The number of aromatic nitrogens is 2. The number of nitrogens with zero attached hydrogens (tertiary/aromatic N) is 2. The molecule has 0 aliphatic rings. The van der Waals surface area contributed by atoms with E-state index in [0.29, 0.717) is 29.0 Å². The Kier molecular flexibility index (Phi) is 5.33. The topological polar surface area (TPSA) is 66.9 Å². The van der Waals surface area contributed by atoms with Crippen LogP contribution in [0, 0.1) is 12.8 Å².